The van der Waals surface area contributed by atoms with Crippen LogP contribution in [0.4, 0.5) is 17.1 Å². The van der Waals surface area contributed by atoms with Crippen LogP contribution in [0.2, 0.25) is 0 Å². The van der Waals surface area contributed by atoms with Crippen LogP contribution in [0.5, 0.6) is 0 Å². The van der Waals surface area contributed by atoms with Crippen LogP contribution in [0.15, 0.2) is 42.6 Å². The van der Waals surface area contributed by atoms with Crippen LogP contribution in [0, 0.1) is 5.92 Å². The van der Waals surface area contributed by atoms with Crippen LogP contribution < -0.4 is 10.2 Å². The number of hydrogen-bond donors (Lipinski definition) is 1. The summed E-state index contributed by atoms with van der Waals surface area (Å²) in [5.41, 5.74) is 3.52. The molecule has 0 spiro atoms. The molecule has 1 N–H and O–H groups in total. The zero-order valence-corrected chi connectivity index (χ0v) is 15.2. The topological polar surface area (TPSA) is 48.5 Å². The number of aromatic nitrogens is 1. The first-order valence-electron chi connectivity index (χ1n) is 8.82. The van der Waals surface area contributed by atoms with E-state index >= 15 is 0 Å². The largest absolute Gasteiger partial charge is 0.378 e. The summed E-state index contributed by atoms with van der Waals surface area (Å²) in [7, 11) is 4.04. The molecule has 1 aromatic carbocycles. The maximum absolute atomic E-state index is 12.7. The van der Waals surface area contributed by atoms with Gasteiger partial charge in [-0.1, -0.05) is 6.92 Å². The van der Waals surface area contributed by atoms with Gasteiger partial charge in [-0.05, 0) is 55.2 Å². The van der Waals surface area contributed by atoms with Gasteiger partial charge in [0.15, 0.2) is 0 Å². The highest BCUT2D eigenvalue weighted by Gasteiger charge is 2.22. The molecule has 0 saturated carbocycles. The summed E-state index contributed by atoms with van der Waals surface area (Å²) in [5.74, 6) is 0.730. The molecule has 0 radical (unpaired) electrons. The maximum atomic E-state index is 12.7. The van der Waals surface area contributed by atoms with E-state index in [0.29, 0.717) is 11.6 Å². The molecule has 0 bridgehead atoms. The number of rotatable bonds is 4. The molecule has 1 aliphatic rings. The van der Waals surface area contributed by atoms with Gasteiger partial charge in [0.1, 0.15) is 5.69 Å². The van der Waals surface area contributed by atoms with Crippen molar-refractivity contribution in [3.8, 4) is 0 Å². The Kier molecular flexibility index (Phi) is 5.22. The lowest BCUT2D eigenvalue weighted by Gasteiger charge is -2.30. The van der Waals surface area contributed by atoms with E-state index < -0.39 is 0 Å². The summed E-state index contributed by atoms with van der Waals surface area (Å²) >= 11 is 0. The Morgan fingerprint density at radius 1 is 1.12 bits per heavy atom. The van der Waals surface area contributed by atoms with Crippen LogP contribution in [0.3, 0.4) is 0 Å². The Balaban J connectivity index is 1.69. The Labute approximate surface area is 149 Å². The van der Waals surface area contributed by atoms with Crippen LogP contribution in [0.25, 0.3) is 0 Å². The first-order chi connectivity index (χ1) is 12.0. The van der Waals surface area contributed by atoms with Crippen molar-refractivity contribution in [2.24, 2.45) is 5.92 Å². The molecule has 3 rings (SSSR count). The van der Waals surface area contributed by atoms with Gasteiger partial charge in [-0.2, -0.15) is 0 Å². The molecule has 2 heterocycles. The summed E-state index contributed by atoms with van der Waals surface area (Å²) < 4.78 is 0. The third-order valence-corrected chi connectivity index (χ3v) is 4.72. The number of carbonyl (C=O) groups excluding carboxylic acids is 1. The summed E-state index contributed by atoms with van der Waals surface area (Å²) in [6, 6.07) is 11.9. The van der Waals surface area contributed by atoms with E-state index in [2.05, 4.69) is 34.3 Å². The standard InChI is InChI=1S/C20H26N4O/c1-15-9-12-24(13-10-15)20(25)19-14-17(8-11-21-19)22-16-4-6-18(7-5-16)23(2)3/h4-8,11,14-15H,9-10,12-13H2,1-3H3,(H,21,22). The lowest BCUT2D eigenvalue weighted by atomic mass is 9.99. The average molecular weight is 338 g/mol. The minimum atomic E-state index is 0.0264. The van der Waals surface area contributed by atoms with Crippen molar-refractivity contribution in [1.82, 2.24) is 9.88 Å². The SMILES string of the molecule is CC1CCN(C(=O)c2cc(Nc3ccc(N(C)C)cc3)ccn2)CC1. The summed E-state index contributed by atoms with van der Waals surface area (Å²) in [6.45, 7) is 3.89. The number of carbonyl (C=O) groups is 1. The molecular weight excluding hydrogens is 312 g/mol. The van der Waals surface area contributed by atoms with Crippen LogP contribution in [-0.2, 0) is 0 Å². The lowest BCUT2D eigenvalue weighted by Crippen LogP contribution is -2.38. The monoisotopic (exact) mass is 338 g/mol. The van der Waals surface area contributed by atoms with Crippen LogP contribution in [-0.4, -0.2) is 43.0 Å². The summed E-state index contributed by atoms with van der Waals surface area (Å²) in [5, 5.41) is 3.35. The van der Waals surface area contributed by atoms with Crippen molar-refractivity contribution >= 4 is 23.0 Å². The summed E-state index contributed by atoms with van der Waals surface area (Å²) in [4.78, 5) is 20.9. The van der Waals surface area contributed by atoms with E-state index in [9.17, 15) is 4.79 Å². The lowest BCUT2D eigenvalue weighted by molar-refractivity contribution is 0.0691. The molecule has 1 aliphatic heterocycles. The van der Waals surface area contributed by atoms with E-state index in [-0.39, 0.29) is 5.91 Å². The molecule has 5 nitrogen and oxygen atoms in total. The van der Waals surface area contributed by atoms with Crippen LogP contribution in [0.1, 0.15) is 30.3 Å². The molecule has 0 aliphatic carbocycles. The third kappa shape index (κ3) is 4.29. The Morgan fingerprint density at radius 3 is 2.44 bits per heavy atom. The van der Waals surface area contributed by atoms with Gasteiger partial charge >= 0.3 is 0 Å². The fourth-order valence-electron chi connectivity index (χ4n) is 3.01. The molecule has 1 amide bonds. The molecule has 132 valence electrons. The highest BCUT2D eigenvalue weighted by atomic mass is 16.2. The van der Waals surface area contributed by atoms with Crippen LogP contribution >= 0.6 is 0 Å². The molecule has 0 unspecified atom stereocenters. The van der Waals surface area contributed by atoms with E-state index in [0.717, 1.165) is 43.0 Å². The number of pyridine rings is 1. The molecule has 1 aromatic heterocycles. The van der Waals surface area contributed by atoms with E-state index in [1.54, 1.807) is 6.20 Å². The number of piperidine rings is 1. The number of nitrogens with zero attached hydrogens (tertiary/aromatic N) is 3. The second-order valence-electron chi connectivity index (χ2n) is 6.97. The Bertz CT molecular complexity index is 719. The molecule has 1 saturated heterocycles. The molecule has 1 fully saturated rings. The van der Waals surface area contributed by atoms with Crippen molar-refractivity contribution < 1.29 is 4.79 Å². The number of nitrogens with one attached hydrogen (secondary N) is 1. The molecule has 5 heteroatoms. The van der Waals surface area contributed by atoms with E-state index in [4.69, 9.17) is 0 Å². The van der Waals surface area contributed by atoms with Gasteiger partial charge < -0.3 is 15.1 Å². The van der Waals surface area contributed by atoms with Crippen molar-refractivity contribution in [1.29, 1.82) is 0 Å². The fraction of sp³-hybridized carbons (Fsp3) is 0.400. The summed E-state index contributed by atoms with van der Waals surface area (Å²) in [6.07, 6.45) is 3.83. The molecule has 25 heavy (non-hydrogen) atoms. The van der Waals surface area contributed by atoms with Crippen molar-refractivity contribution in [3.63, 3.8) is 0 Å². The predicted octanol–water partition coefficient (Wildman–Crippen LogP) is 3.76. The van der Waals surface area contributed by atoms with Crippen molar-refractivity contribution in [2.75, 3.05) is 37.4 Å². The van der Waals surface area contributed by atoms with Crippen molar-refractivity contribution in [3.05, 3.63) is 48.3 Å². The van der Waals surface area contributed by atoms with Crippen molar-refractivity contribution in [2.45, 2.75) is 19.8 Å². The quantitative estimate of drug-likeness (QED) is 0.922. The second kappa shape index (κ2) is 7.55. The van der Waals surface area contributed by atoms with E-state index in [1.165, 1.54) is 0 Å². The molecular formula is C20H26N4O. The first-order valence-corrected chi connectivity index (χ1v) is 8.82. The van der Waals surface area contributed by atoms with E-state index in [1.807, 2.05) is 43.3 Å². The van der Waals surface area contributed by atoms with Gasteiger partial charge in [0.25, 0.3) is 5.91 Å². The Hall–Kier alpha value is -2.56. The molecule has 0 atom stereocenters. The highest BCUT2D eigenvalue weighted by molar-refractivity contribution is 5.93. The van der Waals surface area contributed by atoms with Gasteiger partial charge in [0, 0.05) is 50.4 Å². The smallest absolute Gasteiger partial charge is 0.272 e. The molecule has 2 aromatic rings. The number of benzene rings is 1. The zero-order chi connectivity index (χ0) is 17.8. The fourth-order valence-corrected chi connectivity index (χ4v) is 3.01. The maximum Gasteiger partial charge on any atom is 0.272 e. The van der Waals surface area contributed by atoms with Gasteiger partial charge in [-0.15, -0.1) is 0 Å². The minimum Gasteiger partial charge on any atom is -0.378 e. The normalized spacial score (nSPS) is 15.1. The Morgan fingerprint density at radius 2 is 1.80 bits per heavy atom. The van der Waals surface area contributed by atoms with Gasteiger partial charge in [0.05, 0.1) is 0 Å². The average Bonchev–Trinajstić information content (AvgIpc) is 2.62. The highest BCUT2D eigenvalue weighted by Crippen LogP contribution is 2.22. The first kappa shape index (κ1) is 17.3. The number of hydrogen-bond acceptors (Lipinski definition) is 4. The minimum absolute atomic E-state index is 0.0264. The zero-order valence-electron chi connectivity index (χ0n) is 15.2. The number of amides is 1. The number of likely N-dealkylation sites (tertiary alicyclic amines) is 1. The van der Waals surface area contributed by atoms with Gasteiger partial charge in [-0.3, -0.25) is 9.78 Å². The second-order valence-corrected chi connectivity index (χ2v) is 6.97. The predicted molar refractivity (Wildman–Crippen MR) is 103 cm³/mol. The third-order valence-electron chi connectivity index (χ3n) is 4.72. The van der Waals surface area contributed by atoms with Gasteiger partial charge in [-0.25, -0.2) is 0 Å². The number of anilines is 3. The van der Waals surface area contributed by atoms with Gasteiger partial charge in [0.2, 0.25) is 0 Å².